The summed E-state index contributed by atoms with van der Waals surface area (Å²) in [4.78, 5) is 20.6. The van der Waals surface area contributed by atoms with Crippen molar-refractivity contribution in [2.45, 2.75) is 91.3 Å². The largest absolute Gasteiger partial charge is 0.444 e. The van der Waals surface area contributed by atoms with Crippen LogP contribution in [-0.2, 0) is 16.7 Å². The van der Waals surface area contributed by atoms with E-state index in [1.165, 1.54) is 0 Å². The number of alkyl carbamates (subject to hydrolysis) is 1. The maximum absolute atomic E-state index is 12.0. The van der Waals surface area contributed by atoms with Crippen molar-refractivity contribution < 1.29 is 14.1 Å². The third-order valence-corrected chi connectivity index (χ3v) is 3.89. The Bertz CT molecular complexity index is 658. The van der Waals surface area contributed by atoms with E-state index < -0.39 is 11.7 Å². The van der Waals surface area contributed by atoms with Crippen LogP contribution in [0.5, 0.6) is 0 Å². The highest BCUT2D eigenvalue weighted by atomic mass is 16.6. The number of unbranched alkanes of at least 4 members (excludes halogenated alkanes) is 1. The first-order valence-electron chi connectivity index (χ1n) is 10.2. The molecule has 1 aromatic rings. The number of carbonyl (C=O) groups is 1. The molecule has 0 aliphatic heterocycles. The van der Waals surface area contributed by atoms with Gasteiger partial charge < -0.3 is 25.2 Å². The lowest BCUT2D eigenvalue weighted by Crippen LogP contribution is -2.48. The van der Waals surface area contributed by atoms with Crippen LogP contribution in [0.3, 0.4) is 0 Å². The van der Waals surface area contributed by atoms with E-state index in [1.807, 2.05) is 41.5 Å². The fraction of sp³-hybridized carbons (Fsp3) is 0.800. The number of aromatic nitrogens is 2. The highest BCUT2D eigenvalue weighted by molar-refractivity contribution is 5.80. The van der Waals surface area contributed by atoms with Gasteiger partial charge in [-0.05, 0) is 27.2 Å². The van der Waals surface area contributed by atoms with Crippen LogP contribution in [0.4, 0.5) is 4.79 Å². The van der Waals surface area contributed by atoms with Crippen LogP contribution in [0.2, 0.25) is 0 Å². The lowest BCUT2D eigenvalue weighted by Gasteiger charge is -2.24. The number of amides is 1. The van der Waals surface area contributed by atoms with E-state index in [0.29, 0.717) is 30.8 Å². The van der Waals surface area contributed by atoms with Crippen molar-refractivity contribution in [1.29, 1.82) is 0 Å². The summed E-state index contributed by atoms with van der Waals surface area (Å²) in [6, 6.07) is 0.0177. The minimum absolute atomic E-state index is 0.0177. The first-order chi connectivity index (χ1) is 13.4. The number of rotatable bonds is 8. The molecule has 1 rings (SSSR count). The molecule has 1 unspecified atom stereocenters. The number of hydrogen-bond acceptors (Lipinski definition) is 6. The molecule has 0 bridgehead atoms. The smallest absolute Gasteiger partial charge is 0.407 e. The van der Waals surface area contributed by atoms with Gasteiger partial charge in [0.2, 0.25) is 5.89 Å². The van der Waals surface area contributed by atoms with Crippen molar-refractivity contribution in [3.05, 3.63) is 11.7 Å². The molecule has 0 saturated heterocycles. The molecule has 0 aliphatic carbocycles. The molecular formula is C20H38N6O3. The van der Waals surface area contributed by atoms with Crippen molar-refractivity contribution >= 4 is 12.1 Å². The van der Waals surface area contributed by atoms with E-state index in [0.717, 1.165) is 19.3 Å². The number of nitrogens with zero attached hydrogens (tertiary/aromatic N) is 3. The van der Waals surface area contributed by atoms with Crippen molar-refractivity contribution in [2.24, 2.45) is 4.99 Å². The first-order valence-corrected chi connectivity index (χ1v) is 10.2. The zero-order chi connectivity index (χ0) is 22.1. The molecule has 1 heterocycles. The van der Waals surface area contributed by atoms with Crippen LogP contribution in [0.15, 0.2) is 9.52 Å². The third-order valence-electron chi connectivity index (χ3n) is 3.89. The van der Waals surface area contributed by atoms with Crippen molar-refractivity contribution in [3.8, 4) is 0 Å². The van der Waals surface area contributed by atoms with Crippen molar-refractivity contribution in [1.82, 2.24) is 26.1 Å². The second-order valence-electron chi connectivity index (χ2n) is 9.06. The van der Waals surface area contributed by atoms with Gasteiger partial charge in [-0.1, -0.05) is 45.7 Å². The topological polar surface area (TPSA) is 114 Å². The summed E-state index contributed by atoms with van der Waals surface area (Å²) in [6.07, 6.45) is 2.56. The maximum atomic E-state index is 12.0. The molecule has 9 nitrogen and oxygen atoms in total. The monoisotopic (exact) mass is 410 g/mol. The summed E-state index contributed by atoms with van der Waals surface area (Å²) in [5, 5.41) is 13.4. The van der Waals surface area contributed by atoms with E-state index in [1.54, 1.807) is 7.05 Å². The van der Waals surface area contributed by atoms with Crippen LogP contribution in [-0.4, -0.2) is 47.4 Å². The number of guanidine groups is 1. The number of nitrogens with one attached hydrogen (secondary N) is 3. The summed E-state index contributed by atoms with van der Waals surface area (Å²) in [7, 11) is 1.70. The molecule has 0 aliphatic rings. The zero-order valence-electron chi connectivity index (χ0n) is 19.2. The van der Waals surface area contributed by atoms with Crippen molar-refractivity contribution in [3.63, 3.8) is 0 Å². The van der Waals surface area contributed by atoms with Gasteiger partial charge in [0, 0.05) is 25.0 Å². The summed E-state index contributed by atoms with van der Waals surface area (Å²) in [6.45, 7) is 14.5. The molecule has 3 N–H and O–H groups in total. The average molecular weight is 411 g/mol. The predicted molar refractivity (Wildman–Crippen MR) is 114 cm³/mol. The molecule has 1 aromatic heterocycles. The van der Waals surface area contributed by atoms with Gasteiger partial charge in [0.05, 0.1) is 6.54 Å². The molecule has 0 radical (unpaired) electrons. The second kappa shape index (κ2) is 11.0. The third kappa shape index (κ3) is 10.1. The highest BCUT2D eigenvalue weighted by Crippen LogP contribution is 2.19. The normalized spacial score (nSPS) is 13.7. The zero-order valence-corrected chi connectivity index (χ0v) is 19.2. The minimum atomic E-state index is -0.523. The lowest BCUT2D eigenvalue weighted by molar-refractivity contribution is 0.0522. The molecule has 1 atom stereocenters. The van der Waals surface area contributed by atoms with Gasteiger partial charge in [-0.15, -0.1) is 0 Å². The van der Waals surface area contributed by atoms with Gasteiger partial charge in [0.15, 0.2) is 11.8 Å². The Labute approximate surface area is 174 Å². The van der Waals surface area contributed by atoms with E-state index in [4.69, 9.17) is 9.26 Å². The van der Waals surface area contributed by atoms with Gasteiger partial charge in [-0.2, -0.15) is 4.98 Å². The Morgan fingerprint density at radius 2 is 1.90 bits per heavy atom. The molecule has 1 amide bonds. The summed E-state index contributed by atoms with van der Waals surface area (Å²) < 4.78 is 10.6. The molecule has 0 saturated carbocycles. The molecule has 0 spiro atoms. The molecule has 0 fully saturated rings. The van der Waals surface area contributed by atoms with Crippen LogP contribution in [0.25, 0.3) is 0 Å². The number of aliphatic imine (C=N–C) groups is 1. The quantitative estimate of drug-likeness (QED) is 0.446. The van der Waals surface area contributed by atoms with Gasteiger partial charge in [0.1, 0.15) is 5.60 Å². The van der Waals surface area contributed by atoms with E-state index in [-0.39, 0.29) is 11.5 Å². The SMILES string of the molecule is CCCCC(CNC(=O)OC(C)(C)C)NC(=NC)NCc1noc(C(C)(C)C)n1. The number of hydrogen-bond donors (Lipinski definition) is 3. The standard InChI is InChI=1S/C20H38N6O3/c1-9-10-11-14(12-23-18(27)28-20(5,6)7)24-17(21-8)22-13-15-25-16(29-26-15)19(2,3)4/h14H,9-13H2,1-8H3,(H,23,27)(H2,21,22,24). The van der Waals surface area contributed by atoms with Crippen LogP contribution in [0, 0.1) is 0 Å². The van der Waals surface area contributed by atoms with E-state index >= 15 is 0 Å². The van der Waals surface area contributed by atoms with Gasteiger partial charge in [-0.25, -0.2) is 4.79 Å². The first kappa shape index (κ1) is 24.7. The van der Waals surface area contributed by atoms with Gasteiger partial charge in [0.25, 0.3) is 0 Å². The van der Waals surface area contributed by atoms with E-state index in [9.17, 15) is 4.79 Å². The molecule has 9 heteroatoms. The molecule has 29 heavy (non-hydrogen) atoms. The molecular weight excluding hydrogens is 372 g/mol. The summed E-state index contributed by atoms with van der Waals surface area (Å²) in [5.41, 5.74) is -0.714. The lowest BCUT2D eigenvalue weighted by atomic mass is 9.97. The summed E-state index contributed by atoms with van der Waals surface area (Å²) in [5.74, 6) is 1.77. The Hall–Kier alpha value is -2.32. The molecule has 166 valence electrons. The molecule has 0 aromatic carbocycles. The van der Waals surface area contributed by atoms with Crippen molar-refractivity contribution in [2.75, 3.05) is 13.6 Å². The second-order valence-corrected chi connectivity index (χ2v) is 9.06. The number of carbonyl (C=O) groups excluding carboxylic acids is 1. The van der Waals surface area contributed by atoms with E-state index in [2.05, 4.69) is 38.0 Å². The van der Waals surface area contributed by atoms with Crippen LogP contribution < -0.4 is 16.0 Å². The number of ether oxygens (including phenoxy) is 1. The maximum Gasteiger partial charge on any atom is 0.407 e. The minimum Gasteiger partial charge on any atom is -0.444 e. The van der Waals surface area contributed by atoms with Gasteiger partial charge in [-0.3, -0.25) is 4.99 Å². The van der Waals surface area contributed by atoms with Crippen LogP contribution >= 0.6 is 0 Å². The highest BCUT2D eigenvalue weighted by Gasteiger charge is 2.22. The Balaban J connectivity index is 2.60. The fourth-order valence-electron chi connectivity index (χ4n) is 2.38. The Morgan fingerprint density at radius 3 is 2.41 bits per heavy atom. The van der Waals surface area contributed by atoms with Crippen LogP contribution in [0.1, 0.15) is 79.4 Å². The van der Waals surface area contributed by atoms with Gasteiger partial charge >= 0.3 is 6.09 Å². The average Bonchev–Trinajstić information content (AvgIpc) is 3.08. The Kier molecular flexibility index (Phi) is 9.39. The fourth-order valence-corrected chi connectivity index (χ4v) is 2.38. The Morgan fingerprint density at radius 1 is 1.21 bits per heavy atom. The predicted octanol–water partition coefficient (Wildman–Crippen LogP) is 3.12. The summed E-state index contributed by atoms with van der Waals surface area (Å²) >= 11 is 0.